The number of aromatic nitrogens is 3. The van der Waals surface area contributed by atoms with Crippen molar-refractivity contribution in [3.63, 3.8) is 0 Å². The molecule has 1 aromatic carbocycles. The van der Waals surface area contributed by atoms with E-state index in [0.717, 1.165) is 0 Å². The summed E-state index contributed by atoms with van der Waals surface area (Å²) in [4.78, 5) is 10.4. The van der Waals surface area contributed by atoms with E-state index in [4.69, 9.17) is 5.73 Å². The lowest BCUT2D eigenvalue weighted by atomic mass is 10.3. The number of alkyl halides is 6. The Morgan fingerprint density at radius 2 is 1.27 bits per heavy atom. The predicted octanol–water partition coefficient (Wildman–Crippen LogP) is 3.08. The molecular weight excluding hydrogens is 372 g/mol. The number of ether oxygens (including phenoxy) is 2. The van der Waals surface area contributed by atoms with E-state index in [2.05, 4.69) is 29.7 Å². The zero-order valence-electron chi connectivity index (χ0n) is 12.7. The molecule has 0 bridgehead atoms. The molecule has 142 valence electrons. The molecule has 1 heterocycles. The van der Waals surface area contributed by atoms with Crippen LogP contribution in [0.2, 0.25) is 0 Å². The van der Waals surface area contributed by atoms with Gasteiger partial charge in [0.1, 0.15) is 0 Å². The molecular formula is C13H11F6N5O2. The minimum Gasteiger partial charge on any atom is -0.454 e. The fourth-order valence-electron chi connectivity index (χ4n) is 1.51. The topological polar surface area (TPSA) is 95.2 Å². The molecule has 2 aromatic rings. The van der Waals surface area contributed by atoms with Crippen LogP contribution in [0.25, 0.3) is 0 Å². The Kier molecular flexibility index (Phi) is 5.57. The van der Waals surface area contributed by atoms with E-state index in [1.54, 1.807) is 0 Å². The van der Waals surface area contributed by atoms with Gasteiger partial charge in [-0.25, -0.2) is 0 Å². The van der Waals surface area contributed by atoms with Crippen LogP contribution in [-0.2, 0) is 0 Å². The highest BCUT2D eigenvalue weighted by Crippen LogP contribution is 2.22. The molecule has 0 saturated heterocycles. The highest BCUT2D eigenvalue weighted by Gasteiger charge is 2.31. The first-order chi connectivity index (χ1) is 12.0. The third kappa shape index (κ3) is 6.86. The number of nitrogens with one attached hydrogen (secondary N) is 1. The molecule has 0 radical (unpaired) electrons. The maximum Gasteiger partial charge on any atom is 0.422 e. The van der Waals surface area contributed by atoms with Crippen LogP contribution in [0.5, 0.6) is 12.0 Å². The first kappa shape index (κ1) is 19.3. The monoisotopic (exact) mass is 383 g/mol. The minimum absolute atomic E-state index is 0.369. The zero-order valence-corrected chi connectivity index (χ0v) is 12.7. The number of anilines is 3. The Balaban J connectivity index is 2.22. The number of nitrogens with two attached hydrogens (primary N) is 1. The van der Waals surface area contributed by atoms with Gasteiger partial charge in [-0.05, 0) is 24.3 Å². The maximum atomic E-state index is 12.2. The molecule has 0 saturated carbocycles. The molecule has 0 unspecified atom stereocenters. The lowest BCUT2D eigenvalue weighted by Crippen LogP contribution is -2.22. The Hall–Kier alpha value is -2.99. The van der Waals surface area contributed by atoms with Gasteiger partial charge in [0.2, 0.25) is 5.95 Å². The van der Waals surface area contributed by atoms with Crippen LogP contribution >= 0.6 is 0 Å². The third-order valence-electron chi connectivity index (χ3n) is 2.49. The number of rotatable bonds is 6. The third-order valence-corrected chi connectivity index (χ3v) is 2.49. The van der Waals surface area contributed by atoms with Gasteiger partial charge in [0.15, 0.2) is 13.2 Å². The summed E-state index contributed by atoms with van der Waals surface area (Å²) in [5.74, 6) is -0.376. The molecule has 0 aliphatic heterocycles. The second-order valence-electron chi connectivity index (χ2n) is 4.78. The number of hydrogen-bond donors (Lipinski definition) is 2. The van der Waals surface area contributed by atoms with Gasteiger partial charge >= 0.3 is 24.4 Å². The van der Waals surface area contributed by atoms with Crippen LogP contribution in [0, 0.1) is 0 Å². The summed E-state index contributed by atoms with van der Waals surface area (Å²) in [5.41, 5.74) is 6.32. The van der Waals surface area contributed by atoms with Crippen molar-refractivity contribution in [2.75, 3.05) is 24.3 Å². The summed E-state index contributed by atoms with van der Waals surface area (Å²) in [6, 6.07) is 4.29. The smallest absolute Gasteiger partial charge is 0.422 e. The van der Waals surface area contributed by atoms with Crippen LogP contribution in [-0.4, -0.2) is 40.5 Å². The van der Waals surface area contributed by atoms with Crippen molar-refractivity contribution in [1.82, 2.24) is 15.0 Å². The SMILES string of the molecule is Nc1ccc(Nc2nc(OCC(F)(F)F)nc(OCC(F)(F)F)n2)cc1. The number of nitrogens with zero attached hydrogens (tertiary/aromatic N) is 3. The van der Waals surface area contributed by atoms with E-state index >= 15 is 0 Å². The Morgan fingerprint density at radius 1 is 0.808 bits per heavy atom. The molecule has 0 fully saturated rings. The summed E-state index contributed by atoms with van der Waals surface area (Å²) in [6.07, 6.45) is -9.38. The van der Waals surface area contributed by atoms with Gasteiger partial charge in [-0.15, -0.1) is 4.98 Å². The van der Waals surface area contributed by atoms with Gasteiger partial charge in [-0.2, -0.15) is 36.3 Å². The number of hydrogen-bond acceptors (Lipinski definition) is 7. The van der Waals surface area contributed by atoms with E-state index in [1.165, 1.54) is 24.3 Å². The molecule has 2 rings (SSSR count). The normalized spacial score (nSPS) is 11.9. The van der Waals surface area contributed by atoms with Crippen molar-refractivity contribution < 1.29 is 35.8 Å². The predicted molar refractivity (Wildman–Crippen MR) is 77.1 cm³/mol. The molecule has 0 amide bonds. The van der Waals surface area contributed by atoms with E-state index < -0.39 is 37.6 Å². The number of benzene rings is 1. The summed E-state index contributed by atoms with van der Waals surface area (Å²) in [5, 5.41) is 2.57. The number of halogens is 6. The summed E-state index contributed by atoms with van der Waals surface area (Å²) in [7, 11) is 0. The van der Waals surface area contributed by atoms with E-state index in [9.17, 15) is 26.3 Å². The van der Waals surface area contributed by atoms with Gasteiger partial charge in [-0.1, -0.05) is 0 Å². The standard InChI is InChI=1S/C13H11F6N5O2/c14-12(15,16)5-25-10-22-9(21-8-3-1-7(20)2-4-8)23-11(24-10)26-6-13(17,18)19/h1-4H,5-6,20H2,(H,21,22,23,24). The van der Waals surface area contributed by atoms with Crippen molar-refractivity contribution in [3.8, 4) is 12.0 Å². The largest absolute Gasteiger partial charge is 0.454 e. The average Bonchev–Trinajstić information content (AvgIpc) is 2.52. The molecule has 0 aliphatic rings. The molecule has 0 aliphatic carbocycles. The fourth-order valence-corrected chi connectivity index (χ4v) is 1.51. The number of nitrogen functional groups attached to an aromatic ring is 1. The van der Waals surface area contributed by atoms with Crippen molar-refractivity contribution in [1.29, 1.82) is 0 Å². The highest BCUT2D eigenvalue weighted by atomic mass is 19.4. The van der Waals surface area contributed by atoms with Crippen LogP contribution in [0.1, 0.15) is 0 Å². The highest BCUT2D eigenvalue weighted by molar-refractivity contribution is 5.57. The maximum absolute atomic E-state index is 12.2. The van der Waals surface area contributed by atoms with Gasteiger partial charge < -0.3 is 20.5 Å². The second kappa shape index (κ2) is 7.49. The fraction of sp³-hybridized carbons (Fsp3) is 0.308. The second-order valence-corrected chi connectivity index (χ2v) is 4.78. The van der Waals surface area contributed by atoms with E-state index in [0.29, 0.717) is 11.4 Å². The molecule has 0 spiro atoms. The van der Waals surface area contributed by atoms with Gasteiger partial charge in [0.25, 0.3) is 0 Å². The lowest BCUT2D eigenvalue weighted by Gasteiger charge is -2.12. The average molecular weight is 383 g/mol. The van der Waals surface area contributed by atoms with Crippen molar-refractivity contribution in [2.24, 2.45) is 0 Å². The van der Waals surface area contributed by atoms with Crippen LogP contribution in [0.4, 0.5) is 43.7 Å². The van der Waals surface area contributed by atoms with E-state index in [1.807, 2.05) is 0 Å². The van der Waals surface area contributed by atoms with Gasteiger partial charge in [0, 0.05) is 11.4 Å². The zero-order chi connectivity index (χ0) is 19.4. The summed E-state index contributed by atoms with van der Waals surface area (Å²) < 4.78 is 82.0. The van der Waals surface area contributed by atoms with Crippen LogP contribution in [0.15, 0.2) is 24.3 Å². The summed E-state index contributed by atoms with van der Waals surface area (Å²) >= 11 is 0. The molecule has 0 atom stereocenters. The van der Waals surface area contributed by atoms with Crippen molar-refractivity contribution in [3.05, 3.63) is 24.3 Å². The molecule has 13 heteroatoms. The van der Waals surface area contributed by atoms with E-state index in [-0.39, 0.29) is 5.95 Å². The Labute approximate surface area is 142 Å². The van der Waals surface area contributed by atoms with Crippen molar-refractivity contribution >= 4 is 17.3 Å². The molecule has 3 N–H and O–H groups in total. The Morgan fingerprint density at radius 3 is 1.69 bits per heavy atom. The quantitative estimate of drug-likeness (QED) is 0.585. The van der Waals surface area contributed by atoms with Gasteiger partial charge in [0.05, 0.1) is 0 Å². The first-order valence-electron chi connectivity index (χ1n) is 6.78. The van der Waals surface area contributed by atoms with Crippen molar-refractivity contribution in [2.45, 2.75) is 12.4 Å². The lowest BCUT2D eigenvalue weighted by molar-refractivity contribution is -0.156. The Bertz CT molecular complexity index is 699. The summed E-state index contributed by atoms with van der Waals surface area (Å²) in [6.45, 7) is -3.48. The van der Waals surface area contributed by atoms with Crippen LogP contribution < -0.4 is 20.5 Å². The molecule has 1 aromatic heterocycles. The molecule has 26 heavy (non-hydrogen) atoms. The van der Waals surface area contributed by atoms with Crippen LogP contribution in [0.3, 0.4) is 0 Å². The molecule has 7 nitrogen and oxygen atoms in total. The van der Waals surface area contributed by atoms with Gasteiger partial charge in [-0.3, -0.25) is 0 Å². The minimum atomic E-state index is -4.69. The first-order valence-corrected chi connectivity index (χ1v) is 6.78.